The van der Waals surface area contributed by atoms with E-state index >= 15 is 0 Å². The molecule has 21 heavy (non-hydrogen) atoms. The maximum absolute atomic E-state index is 12.4. The van der Waals surface area contributed by atoms with Crippen LogP contribution < -0.4 is 9.46 Å². The summed E-state index contributed by atoms with van der Waals surface area (Å²) in [6.07, 6.45) is 0. The standard InChI is InChI=1S/C15H16ClNO3S/c1-10-6-11(2)8-12(7-10)17-21(18,19)13-4-5-14(16)15(9-13)20-3/h4-9,17H,1-3H3. The van der Waals surface area contributed by atoms with Gasteiger partial charge in [-0.1, -0.05) is 17.7 Å². The zero-order valence-electron chi connectivity index (χ0n) is 12.0. The second kappa shape index (κ2) is 5.95. The first-order chi connectivity index (χ1) is 9.81. The van der Waals surface area contributed by atoms with Crippen LogP contribution in [0.15, 0.2) is 41.3 Å². The Morgan fingerprint density at radius 3 is 2.24 bits per heavy atom. The number of nitrogens with one attached hydrogen (secondary N) is 1. The third-order valence-electron chi connectivity index (χ3n) is 2.91. The third-order valence-corrected chi connectivity index (χ3v) is 4.60. The van der Waals surface area contributed by atoms with Crippen LogP contribution in [0.5, 0.6) is 5.75 Å². The summed E-state index contributed by atoms with van der Waals surface area (Å²) in [5.74, 6) is 0.319. The topological polar surface area (TPSA) is 55.4 Å². The number of halogens is 1. The Balaban J connectivity index is 2.38. The van der Waals surface area contributed by atoms with Crippen LogP contribution in [0, 0.1) is 13.8 Å². The Morgan fingerprint density at radius 2 is 1.67 bits per heavy atom. The van der Waals surface area contributed by atoms with Crippen LogP contribution >= 0.6 is 11.6 Å². The molecule has 0 radical (unpaired) electrons. The highest BCUT2D eigenvalue weighted by Gasteiger charge is 2.16. The van der Waals surface area contributed by atoms with Crippen molar-refractivity contribution in [2.45, 2.75) is 18.7 Å². The molecule has 0 fully saturated rings. The maximum atomic E-state index is 12.4. The predicted octanol–water partition coefficient (Wildman–Crippen LogP) is 3.77. The maximum Gasteiger partial charge on any atom is 0.262 e. The molecule has 0 unspecified atom stereocenters. The van der Waals surface area contributed by atoms with E-state index in [0.29, 0.717) is 16.5 Å². The van der Waals surface area contributed by atoms with Crippen molar-refractivity contribution >= 4 is 27.3 Å². The van der Waals surface area contributed by atoms with E-state index in [0.717, 1.165) is 11.1 Å². The molecule has 2 rings (SSSR count). The van der Waals surface area contributed by atoms with Gasteiger partial charge in [0.15, 0.2) is 0 Å². The number of rotatable bonds is 4. The second-order valence-corrected chi connectivity index (χ2v) is 6.87. The van der Waals surface area contributed by atoms with Crippen LogP contribution in [-0.2, 0) is 10.0 Å². The van der Waals surface area contributed by atoms with Gasteiger partial charge in [0.25, 0.3) is 10.0 Å². The molecule has 0 amide bonds. The summed E-state index contributed by atoms with van der Waals surface area (Å²) in [6, 6.07) is 9.86. The normalized spacial score (nSPS) is 11.2. The summed E-state index contributed by atoms with van der Waals surface area (Å²) in [7, 11) is -2.25. The second-order valence-electron chi connectivity index (χ2n) is 4.78. The number of ether oxygens (including phenoxy) is 1. The number of methoxy groups -OCH3 is 1. The monoisotopic (exact) mass is 325 g/mol. The Kier molecular flexibility index (Phi) is 4.44. The summed E-state index contributed by atoms with van der Waals surface area (Å²) in [6.45, 7) is 3.83. The van der Waals surface area contributed by atoms with E-state index in [-0.39, 0.29) is 4.90 Å². The Hall–Kier alpha value is -1.72. The van der Waals surface area contributed by atoms with Gasteiger partial charge in [0.05, 0.1) is 17.0 Å². The fraction of sp³-hybridized carbons (Fsp3) is 0.200. The lowest BCUT2D eigenvalue weighted by molar-refractivity contribution is 0.413. The van der Waals surface area contributed by atoms with Gasteiger partial charge in [0.2, 0.25) is 0 Å². The molecule has 0 aliphatic rings. The largest absolute Gasteiger partial charge is 0.495 e. The molecule has 0 saturated carbocycles. The molecule has 0 heterocycles. The molecule has 4 nitrogen and oxygen atoms in total. The SMILES string of the molecule is COc1cc(S(=O)(=O)Nc2cc(C)cc(C)c2)ccc1Cl. The third kappa shape index (κ3) is 3.68. The minimum atomic E-state index is -3.68. The highest BCUT2D eigenvalue weighted by atomic mass is 35.5. The highest BCUT2D eigenvalue weighted by Crippen LogP contribution is 2.28. The molecule has 2 aromatic rings. The minimum Gasteiger partial charge on any atom is -0.495 e. The van der Waals surface area contributed by atoms with Gasteiger partial charge in [0.1, 0.15) is 5.75 Å². The van der Waals surface area contributed by atoms with Crippen LogP contribution in [0.1, 0.15) is 11.1 Å². The van der Waals surface area contributed by atoms with E-state index in [1.165, 1.54) is 25.3 Å². The molecule has 0 aliphatic heterocycles. The smallest absolute Gasteiger partial charge is 0.262 e. The van der Waals surface area contributed by atoms with Crippen molar-refractivity contribution in [1.29, 1.82) is 0 Å². The summed E-state index contributed by atoms with van der Waals surface area (Å²) in [5.41, 5.74) is 2.50. The van der Waals surface area contributed by atoms with Crippen LogP contribution in [0.25, 0.3) is 0 Å². The number of sulfonamides is 1. The molecule has 0 spiro atoms. The van der Waals surface area contributed by atoms with Gasteiger partial charge in [0, 0.05) is 11.8 Å². The van der Waals surface area contributed by atoms with Crippen molar-refractivity contribution < 1.29 is 13.2 Å². The summed E-state index contributed by atoms with van der Waals surface area (Å²) in [4.78, 5) is 0.0999. The average Bonchev–Trinajstić information content (AvgIpc) is 2.37. The zero-order chi connectivity index (χ0) is 15.6. The summed E-state index contributed by atoms with van der Waals surface area (Å²) >= 11 is 5.91. The van der Waals surface area contributed by atoms with Gasteiger partial charge in [-0.15, -0.1) is 0 Å². The van der Waals surface area contributed by atoms with E-state index in [1.54, 1.807) is 12.1 Å². The van der Waals surface area contributed by atoms with Crippen molar-refractivity contribution in [2.75, 3.05) is 11.8 Å². The lowest BCUT2D eigenvalue weighted by atomic mass is 10.1. The van der Waals surface area contributed by atoms with E-state index in [1.807, 2.05) is 19.9 Å². The zero-order valence-corrected chi connectivity index (χ0v) is 13.5. The quantitative estimate of drug-likeness (QED) is 0.931. The fourth-order valence-electron chi connectivity index (χ4n) is 2.05. The average molecular weight is 326 g/mol. The molecule has 0 atom stereocenters. The number of aryl methyl sites for hydroxylation is 2. The van der Waals surface area contributed by atoms with Gasteiger partial charge in [-0.05, 0) is 49.2 Å². The molecule has 0 aromatic heterocycles. The minimum absolute atomic E-state index is 0.0999. The van der Waals surface area contributed by atoms with Crippen molar-refractivity contribution in [2.24, 2.45) is 0 Å². The Morgan fingerprint density at radius 1 is 1.05 bits per heavy atom. The highest BCUT2D eigenvalue weighted by molar-refractivity contribution is 7.92. The Labute approximate surface area is 129 Å². The molecule has 1 N–H and O–H groups in total. The van der Waals surface area contributed by atoms with Gasteiger partial charge in [-0.3, -0.25) is 4.72 Å². The molecule has 112 valence electrons. The van der Waals surface area contributed by atoms with Gasteiger partial charge in [-0.25, -0.2) is 8.42 Å². The first kappa shape index (κ1) is 15.7. The molecule has 6 heteroatoms. The number of benzene rings is 2. The predicted molar refractivity (Wildman–Crippen MR) is 84.7 cm³/mol. The van der Waals surface area contributed by atoms with E-state index in [9.17, 15) is 8.42 Å². The lowest BCUT2D eigenvalue weighted by Crippen LogP contribution is -2.13. The summed E-state index contributed by atoms with van der Waals surface area (Å²) < 4.78 is 32.4. The first-order valence-corrected chi connectivity index (χ1v) is 8.12. The number of anilines is 1. The van der Waals surface area contributed by atoms with Crippen molar-refractivity contribution in [3.8, 4) is 5.75 Å². The lowest BCUT2D eigenvalue weighted by Gasteiger charge is -2.11. The molecule has 2 aromatic carbocycles. The van der Waals surface area contributed by atoms with Crippen molar-refractivity contribution in [1.82, 2.24) is 0 Å². The van der Waals surface area contributed by atoms with Crippen molar-refractivity contribution in [3.05, 3.63) is 52.5 Å². The molecule has 0 aliphatic carbocycles. The Bertz CT molecular complexity index is 752. The summed E-state index contributed by atoms with van der Waals surface area (Å²) in [5, 5.41) is 0.364. The molecular weight excluding hydrogens is 310 g/mol. The molecule has 0 bridgehead atoms. The van der Waals surface area contributed by atoms with Gasteiger partial charge in [-0.2, -0.15) is 0 Å². The van der Waals surface area contributed by atoms with E-state index in [2.05, 4.69) is 4.72 Å². The number of hydrogen-bond acceptors (Lipinski definition) is 3. The van der Waals surface area contributed by atoms with Crippen LogP contribution in [0.2, 0.25) is 5.02 Å². The van der Waals surface area contributed by atoms with Gasteiger partial charge >= 0.3 is 0 Å². The van der Waals surface area contributed by atoms with Gasteiger partial charge < -0.3 is 4.74 Å². The van der Waals surface area contributed by atoms with E-state index < -0.39 is 10.0 Å². The van der Waals surface area contributed by atoms with Crippen LogP contribution in [0.3, 0.4) is 0 Å². The first-order valence-electron chi connectivity index (χ1n) is 6.26. The van der Waals surface area contributed by atoms with Crippen molar-refractivity contribution in [3.63, 3.8) is 0 Å². The van der Waals surface area contributed by atoms with Crippen LogP contribution in [0.4, 0.5) is 5.69 Å². The number of hydrogen-bond donors (Lipinski definition) is 1. The fourth-order valence-corrected chi connectivity index (χ4v) is 3.31. The van der Waals surface area contributed by atoms with E-state index in [4.69, 9.17) is 16.3 Å². The van der Waals surface area contributed by atoms with Crippen LogP contribution in [-0.4, -0.2) is 15.5 Å². The molecule has 0 saturated heterocycles. The molecular formula is C15H16ClNO3S.